The molecule has 4 rings (SSSR count). The number of piperidine rings is 1. The van der Waals surface area contributed by atoms with Gasteiger partial charge >= 0.3 is 0 Å². The summed E-state index contributed by atoms with van der Waals surface area (Å²) in [5.74, 6) is -1.72. The first-order valence-corrected chi connectivity index (χ1v) is 16.6. The van der Waals surface area contributed by atoms with Crippen LogP contribution in [0, 0.1) is 13.8 Å². The molecule has 1 aromatic heterocycles. The highest BCUT2D eigenvalue weighted by molar-refractivity contribution is 7.89. The molecular formula is C28H32N4O7S2. The third-order valence-electron chi connectivity index (χ3n) is 6.91. The normalized spacial score (nSPS) is 15.8. The van der Waals surface area contributed by atoms with Crippen molar-refractivity contribution in [3.05, 3.63) is 88.2 Å². The highest BCUT2D eigenvalue weighted by atomic mass is 32.2. The maximum Gasteiger partial charge on any atom is 0.266 e. The summed E-state index contributed by atoms with van der Waals surface area (Å²) in [7, 11) is -7.48. The Morgan fingerprint density at radius 1 is 0.780 bits per heavy atom. The van der Waals surface area contributed by atoms with Gasteiger partial charge in [-0.2, -0.15) is 0 Å². The number of nitrogens with zero attached hydrogens (tertiary/aromatic N) is 2. The lowest BCUT2D eigenvalue weighted by atomic mass is 9.89. The van der Waals surface area contributed by atoms with Crippen molar-refractivity contribution in [3.8, 4) is 5.69 Å². The van der Waals surface area contributed by atoms with Gasteiger partial charge in [0, 0.05) is 41.5 Å². The molecule has 0 radical (unpaired) electrons. The first-order chi connectivity index (χ1) is 19.1. The number of rotatable bonds is 7. The third-order valence-corrected chi connectivity index (χ3v) is 8.02. The predicted molar refractivity (Wildman–Crippen MR) is 154 cm³/mol. The Kier molecular flexibility index (Phi) is 8.41. The zero-order valence-electron chi connectivity index (χ0n) is 23.2. The number of carbonyl (C=O) groups is 3. The van der Waals surface area contributed by atoms with Crippen molar-refractivity contribution in [3.63, 3.8) is 0 Å². The van der Waals surface area contributed by atoms with Crippen molar-refractivity contribution >= 4 is 37.8 Å². The Bertz CT molecular complexity index is 1710. The first kappa shape index (κ1) is 30.0. The van der Waals surface area contributed by atoms with Crippen LogP contribution in [0.25, 0.3) is 5.69 Å². The van der Waals surface area contributed by atoms with Crippen LogP contribution in [0.5, 0.6) is 0 Å². The molecule has 1 atom stereocenters. The number of hydrogen-bond acceptors (Lipinski definition) is 7. The average Bonchev–Trinajstić information content (AvgIpc) is 3.23. The van der Waals surface area contributed by atoms with Crippen molar-refractivity contribution in [2.45, 2.75) is 32.6 Å². The third kappa shape index (κ3) is 7.22. The molecule has 2 aromatic carbocycles. The maximum atomic E-state index is 13.7. The molecular weight excluding hydrogens is 568 g/mol. The van der Waals surface area contributed by atoms with E-state index in [2.05, 4.69) is 0 Å². The van der Waals surface area contributed by atoms with Crippen molar-refractivity contribution in [2.24, 2.45) is 0 Å². The molecule has 0 aliphatic carbocycles. The minimum Gasteiger partial charge on any atom is -0.338 e. The molecule has 1 aliphatic rings. The van der Waals surface area contributed by atoms with Gasteiger partial charge in [-0.3, -0.25) is 14.4 Å². The molecule has 1 aliphatic heterocycles. The van der Waals surface area contributed by atoms with E-state index in [4.69, 9.17) is 0 Å². The fourth-order valence-corrected chi connectivity index (χ4v) is 5.97. The number of benzene rings is 2. The van der Waals surface area contributed by atoms with E-state index in [9.17, 15) is 31.2 Å². The Labute approximate surface area is 239 Å². The van der Waals surface area contributed by atoms with Gasteiger partial charge in [0.15, 0.2) is 0 Å². The summed E-state index contributed by atoms with van der Waals surface area (Å²) in [6, 6.07) is 15.0. The zero-order valence-corrected chi connectivity index (χ0v) is 24.8. The van der Waals surface area contributed by atoms with E-state index in [1.165, 1.54) is 12.1 Å². The molecule has 2 heterocycles. The van der Waals surface area contributed by atoms with Gasteiger partial charge in [0.1, 0.15) is 0 Å². The van der Waals surface area contributed by atoms with Gasteiger partial charge < -0.3 is 9.47 Å². The van der Waals surface area contributed by atoms with Crippen molar-refractivity contribution in [1.82, 2.24) is 18.9 Å². The number of nitrogens with one attached hydrogen (secondary N) is 2. The average molecular weight is 601 g/mol. The zero-order chi connectivity index (χ0) is 30.1. The van der Waals surface area contributed by atoms with Crippen molar-refractivity contribution in [2.75, 3.05) is 25.6 Å². The summed E-state index contributed by atoms with van der Waals surface area (Å²) in [6.45, 7) is 4.68. The Balaban J connectivity index is 1.59. The summed E-state index contributed by atoms with van der Waals surface area (Å²) in [4.78, 5) is 40.4. The number of carbonyl (C=O) groups excluding carboxylic acids is 3. The lowest BCUT2D eigenvalue weighted by Crippen LogP contribution is -2.39. The van der Waals surface area contributed by atoms with E-state index in [1.807, 2.05) is 35.4 Å². The number of sulfonamides is 2. The van der Waals surface area contributed by atoms with E-state index in [0.29, 0.717) is 24.3 Å². The first-order valence-electron chi connectivity index (χ1n) is 12.9. The summed E-state index contributed by atoms with van der Waals surface area (Å²) in [5, 5.41) is 0. The molecule has 2 N–H and O–H groups in total. The quantitative estimate of drug-likeness (QED) is 0.423. The topological polar surface area (TPSA) is 152 Å². The van der Waals surface area contributed by atoms with Crippen LogP contribution in [0.1, 0.15) is 66.8 Å². The van der Waals surface area contributed by atoms with Gasteiger partial charge in [-0.05, 0) is 74.7 Å². The molecule has 0 bridgehead atoms. The van der Waals surface area contributed by atoms with E-state index in [1.54, 1.807) is 39.8 Å². The fourth-order valence-electron chi connectivity index (χ4n) is 5.06. The van der Waals surface area contributed by atoms with Crippen LogP contribution in [0.4, 0.5) is 0 Å². The summed E-state index contributed by atoms with van der Waals surface area (Å²) in [6.07, 6.45) is 3.40. The number of likely N-dealkylation sites (tertiary alicyclic amines) is 1. The highest BCUT2D eigenvalue weighted by Gasteiger charge is 2.27. The van der Waals surface area contributed by atoms with Crippen LogP contribution in [-0.2, 0) is 20.0 Å². The molecule has 218 valence electrons. The van der Waals surface area contributed by atoms with Gasteiger partial charge in [-0.25, -0.2) is 26.3 Å². The van der Waals surface area contributed by atoms with E-state index in [-0.39, 0.29) is 23.0 Å². The smallest absolute Gasteiger partial charge is 0.266 e. The lowest BCUT2D eigenvalue weighted by Gasteiger charge is -2.33. The van der Waals surface area contributed by atoms with Gasteiger partial charge in [0.05, 0.1) is 23.8 Å². The monoisotopic (exact) mass is 600 g/mol. The fraction of sp³-hybridized carbons (Fsp3) is 0.321. The SMILES string of the molecule is Cc1ccc(C)n1-c1cc(C(=O)N2CCCC(c3ccc(C(=O)NS(C)(=O)=O)cc3)C2)ccc1C(=O)NS(C)(=O)=O. The molecule has 13 heteroatoms. The Morgan fingerprint density at radius 2 is 1.34 bits per heavy atom. The molecule has 41 heavy (non-hydrogen) atoms. The van der Waals surface area contributed by atoms with Crippen LogP contribution >= 0.6 is 0 Å². The molecule has 0 saturated carbocycles. The number of amides is 3. The summed E-state index contributed by atoms with van der Waals surface area (Å²) in [5.41, 5.74) is 3.63. The van der Waals surface area contributed by atoms with Gasteiger partial charge in [-0.15, -0.1) is 0 Å². The molecule has 1 unspecified atom stereocenters. The molecule has 11 nitrogen and oxygen atoms in total. The van der Waals surface area contributed by atoms with E-state index >= 15 is 0 Å². The Hall–Kier alpha value is -3.97. The molecule has 1 saturated heterocycles. The number of aryl methyl sites for hydroxylation is 2. The van der Waals surface area contributed by atoms with Crippen LogP contribution in [0.15, 0.2) is 54.6 Å². The van der Waals surface area contributed by atoms with Crippen LogP contribution in [0.3, 0.4) is 0 Å². The van der Waals surface area contributed by atoms with Crippen molar-refractivity contribution in [1.29, 1.82) is 0 Å². The van der Waals surface area contributed by atoms with E-state index in [0.717, 1.165) is 42.3 Å². The largest absolute Gasteiger partial charge is 0.338 e. The minimum atomic E-state index is -3.80. The lowest BCUT2D eigenvalue weighted by molar-refractivity contribution is 0.0706. The molecule has 0 spiro atoms. The summed E-state index contributed by atoms with van der Waals surface area (Å²) >= 11 is 0. The maximum absolute atomic E-state index is 13.7. The van der Waals surface area contributed by atoms with Crippen molar-refractivity contribution < 1.29 is 31.2 Å². The second-order valence-corrected chi connectivity index (χ2v) is 13.8. The summed E-state index contributed by atoms with van der Waals surface area (Å²) < 4.78 is 51.9. The second kappa shape index (κ2) is 11.5. The van der Waals surface area contributed by atoms with E-state index < -0.39 is 31.9 Å². The molecule has 3 amide bonds. The molecule has 1 fully saturated rings. The number of aromatic nitrogens is 1. The van der Waals surface area contributed by atoms with Crippen LogP contribution in [0.2, 0.25) is 0 Å². The highest BCUT2D eigenvalue weighted by Crippen LogP contribution is 2.29. The van der Waals surface area contributed by atoms with Gasteiger partial charge in [0.2, 0.25) is 20.0 Å². The molecule has 3 aromatic rings. The van der Waals surface area contributed by atoms with Gasteiger partial charge in [-0.1, -0.05) is 12.1 Å². The number of hydrogen-bond donors (Lipinski definition) is 2. The van der Waals surface area contributed by atoms with Gasteiger partial charge in [0.25, 0.3) is 17.7 Å². The minimum absolute atomic E-state index is 0.00735. The second-order valence-electron chi connectivity index (χ2n) is 10.3. The van der Waals surface area contributed by atoms with Crippen LogP contribution in [-0.4, -0.2) is 69.6 Å². The predicted octanol–water partition coefficient (Wildman–Crippen LogP) is 2.49. The standard InChI is InChI=1S/C28H32N4O7S2/c1-18-7-8-19(2)32(18)25-16-22(13-14-24(25)27(34)30-41(4,38)39)28(35)31-15-5-6-23(17-31)20-9-11-21(12-10-20)26(33)29-40(3,36)37/h7-14,16,23H,5-6,15,17H2,1-4H3,(H,29,33)(H,30,34). The Morgan fingerprint density at radius 3 is 1.93 bits per heavy atom. The van der Waals surface area contributed by atoms with Crippen LogP contribution < -0.4 is 9.44 Å².